The number of amides is 1. The Morgan fingerprint density at radius 3 is 2.65 bits per heavy atom. The van der Waals surface area contributed by atoms with Crippen molar-refractivity contribution in [3.8, 4) is 0 Å². The number of pyridine rings is 1. The van der Waals surface area contributed by atoms with E-state index in [1.807, 2.05) is 43.3 Å². The standard InChI is InChI=1S/C16H19N3O/c1-12-7-4-5-8-13(12)11-19(3)16(20)14-9-6-10-15(17-2)18-14/h4-10H,11H2,1-3H3,(H,17,18). The minimum Gasteiger partial charge on any atom is -0.373 e. The van der Waals surface area contributed by atoms with E-state index >= 15 is 0 Å². The maximum absolute atomic E-state index is 12.4. The number of nitrogens with zero attached hydrogens (tertiary/aromatic N) is 2. The van der Waals surface area contributed by atoms with Gasteiger partial charge >= 0.3 is 0 Å². The van der Waals surface area contributed by atoms with E-state index in [9.17, 15) is 4.79 Å². The highest BCUT2D eigenvalue weighted by Crippen LogP contribution is 2.12. The number of rotatable bonds is 4. The van der Waals surface area contributed by atoms with E-state index in [4.69, 9.17) is 0 Å². The van der Waals surface area contributed by atoms with Crippen LogP contribution in [-0.2, 0) is 6.54 Å². The van der Waals surface area contributed by atoms with Crippen molar-refractivity contribution in [2.45, 2.75) is 13.5 Å². The van der Waals surface area contributed by atoms with Crippen LogP contribution in [0.4, 0.5) is 5.82 Å². The van der Waals surface area contributed by atoms with E-state index in [1.165, 1.54) is 5.56 Å². The summed E-state index contributed by atoms with van der Waals surface area (Å²) < 4.78 is 0. The van der Waals surface area contributed by atoms with Crippen molar-refractivity contribution in [2.75, 3.05) is 19.4 Å². The molecule has 1 amide bonds. The van der Waals surface area contributed by atoms with Crippen LogP contribution in [0.25, 0.3) is 0 Å². The summed E-state index contributed by atoms with van der Waals surface area (Å²) in [6.45, 7) is 2.63. The van der Waals surface area contributed by atoms with Crippen molar-refractivity contribution >= 4 is 11.7 Å². The summed E-state index contributed by atoms with van der Waals surface area (Å²) in [4.78, 5) is 18.3. The van der Waals surface area contributed by atoms with Crippen molar-refractivity contribution in [1.82, 2.24) is 9.88 Å². The predicted octanol–water partition coefficient (Wildman–Crippen LogP) is 2.70. The van der Waals surface area contributed by atoms with Crippen LogP contribution in [0.15, 0.2) is 42.5 Å². The maximum Gasteiger partial charge on any atom is 0.272 e. The van der Waals surface area contributed by atoms with E-state index in [0.717, 1.165) is 5.56 Å². The first-order valence-corrected chi connectivity index (χ1v) is 6.56. The topological polar surface area (TPSA) is 45.2 Å². The Labute approximate surface area is 119 Å². The first-order valence-electron chi connectivity index (χ1n) is 6.56. The zero-order chi connectivity index (χ0) is 14.5. The van der Waals surface area contributed by atoms with Crippen molar-refractivity contribution in [1.29, 1.82) is 0 Å². The molecule has 0 atom stereocenters. The van der Waals surface area contributed by atoms with Gasteiger partial charge in [0.25, 0.3) is 5.91 Å². The average Bonchev–Trinajstić information content (AvgIpc) is 2.48. The number of carbonyl (C=O) groups is 1. The Hall–Kier alpha value is -2.36. The Bertz CT molecular complexity index is 610. The van der Waals surface area contributed by atoms with Gasteiger partial charge in [0, 0.05) is 20.6 Å². The monoisotopic (exact) mass is 269 g/mol. The van der Waals surface area contributed by atoms with Gasteiger partial charge in [0.2, 0.25) is 0 Å². The van der Waals surface area contributed by atoms with Crippen LogP contribution in [0.5, 0.6) is 0 Å². The van der Waals surface area contributed by atoms with Crippen molar-refractivity contribution in [2.24, 2.45) is 0 Å². The quantitative estimate of drug-likeness (QED) is 0.928. The molecule has 4 heteroatoms. The molecule has 0 fully saturated rings. The molecule has 0 bridgehead atoms. The number of aryl methyl sites for hydroxylation is 1. The van der Waals surface area contributed by atoms with Crippen LogP contribution in [0.3, 0.4) is 0 Å². The zero-order valence-electron chi connectivity index (χ0n) is 12.1. The number of aromatic nitrogens is 1. The molecule has 1 heterocycles. The highest BCUT2D eigenvalue weighted by Gasteiger charge is 2.14. The fourth-order valence-electron chi connectivity index (χ4n) is 2.00. The van der Waals surface area contributed by atoms with Gasteiger partial charge in [0.1, 0.15) is 11.5 Å². The third kappa shape index (κ3) is 3.15. The second-order valence-electron chi connectivity index (χ2n) is 4.75. The molecule has 2 rings (SSSR count). The molecule has 0 spiro atoms. The first-order chi connectivity index (χ1) is 9.61. The largest absolute Gasteiger partial charge is 0.373 e. The van der Waals surface area contributed by atoms with E-state index in [-0.39, 0.29) is 5.91 Å². The summed E-state index contributed by atoms with van der Waals surface area (Å²) in [5, 5.41) is 2.94. The van der Waals surface area contributed by atoms with Crippen LogP contribution in [0, 0.1) is 6.92 Å². The van der Waals surface area contributed by atoms with Crippen molar-refractivity contribution in [3.05, 3.63) is 59.3 Å². The highest BCUT2D eigenvalue weighted by molar-refractivity contribution is 5.92. The minimum absolute atomic E-state index is 0.0784. The van der Waals surface area contributed by atoms with E-state index < -0.39 is 0 Å². The summed E-state index contributed by atoms with van der Waals surface area (Å²) in [6, 6.07) is 13.5. The molecule has 0 aliphatic rings. The minimum atomic E-state index is -0.0784. The van der Waals surface area contributed by atoms with Gasteiger partial charge in [-0.15, -0.1) is 0 Å². The maximum atomic E-state index is 12.4. The molecule has 104 valence electrons. The third-order valence-electron chi connectivity index (χ3n) is 3.24. The lowest BCUT2D eigenvalue weighted by Gasteiger charge is -2.18. The molecule has 0 aliphatic heterocycles. The molecular weight excluding hydrogens is 250 g/mol. The number of carbonyl (C=O) groups excluding carboxylic acids is 1. The lowest BCUT2D eigenvalue weighted by molar-refractivity contribution is 0.0779. The molecule has 1 N–H and O–H groups in total. The zero-order valence-corrected chi connectivity index (χ0v) is 12.1. The molecule has 4 nitrogen and oxygen atoms in total. The third-order valence-corrected chi connectivity index (χ3v) is 3.24. The normalized spacial score (nSPS) is 10.2. The number of benzene rings is 1. The summed E-state index contributed by atoms with van der Waals surface area (Å²) in [7, 11) is 3.58. The Balaban J connectivity index is 2.14. The summed E-state index contributed by atoms with van der Waals surface area (Å²) >= 11 is 0. The van der Waals surface area contributed by atoms with Crippen LogP contribution < -0.4 is 5.32 Å². The fraction of sp³-hybridized carbons (Fsp3) is 0.250. The fourth-order valence-corrected chi connectivity index (χ4v) is 2.00. The molecule has 0 saturated carbocycles. The van der Waals surface area contributed by atoms with Gasteiger partial charge in [-0.05, 0) is 30.2 Å². The van der Waals surface area contributed by atoms with Gasteiger partial charge in [-0.25, -0.2) is 4.98 Å². The number of anilines is 1. The SMILES string of the molecule is CNc1cccc(C(=O)N(C)Cc2ccccc2C)n1. The molecule has 0 aliphatic carbocycles. The molecular formula is C16H19N3O. The van der Waals surface area contributed by atoms with Crippen LogP contribution >= 0.6 is 0 Å². The second-order valence-corrected chi connectivity index (χ2v) is 4.75. The van der Waals surface area contributed by atoms with Gasteiger partial charge in [0.15, 0.2) is 0 Å². The van der Waals surface area contributed by atoms with Gasteiger partial charge in [-0.1, -0.05) is 30.3 Å². The number of hydrogen-bond acceptors (Lipinski definition) is 3. The molecule has 0 unspecified atom stereocenters. The first kappa shape index (κ1) is 14.1. The highest BCUT2D eigenvalue weighted by atomic mass is 16.2. The smallest absolute Gasteiger partial charge is 0.272 e. The summed E-state index contributed by atoms with van der Waals surface area (Å²) in [5.41, 5.74) is 2.78. The van der Waals surface area contributed by atoms with Crippen LogP contribution in [-0.4, -0.2) is 29.9 Å². The second kappa shape index (κ2) is 6.19. The molecule has 1 aromatic carbocycles. The summed E-state index contributed by atoms with van der Waals surface area (Å²) in [6.07, 6.45) is 0. The van der Waals surface area contributed by atoms with Crippen LogP contribution in [0.1, 0.15) is 21.6 Å². The van der Waals surface area contributed by atoms with Gasteiger partial charge < -0.3 is 10.2 Å². The molecule has 0 saturated heterocycles. The molecule has 0 radical (unpaired) electrons. The van der Waals surface area contributed by atoms with Gasteiger partial charge in [-0.2, -0.15) is 0 Å². The Kier molecular flexibility index (Phi) is 4.35. The molecule has 20 heavy (non-hydrogen) atoms. The van der Waals surface area contributed by atoms with E-state index in [2.05, 4.69) is 10.3 Å². The average molecular weight is 269 g/mol. The van der Waals surface area contributed by atoms with Gasteiger partial charge in [0.05, 0.1) is 0 Å². The Morgan fingerprint density at radius 2 is 1.95 bits per heavy atom. The van der Waals surface area contributed by atoms with E-state index in [1.54, 1.807) is 25.1 Å². The van der Waals surface area contributed by atoms with E-state index in [0.29, 0.717) is 18.1 Å². The van der Waals surface area contributed by atoms with Gasteiger partial charge in [-0.3, -0.25) is 4.79 Å². The molecule has 1 aromatic heterocycles. The lowest BCUT2D eigenvalue weighted by atomic mass is 10.1. The summed E-state index contributed by atoms with van der Waals surface area (Å²) in [5.74, 6) is 0.616. The van der Waals surface area contributed by atoms with Crippen LogP contribution in [0.2, 0.25) is 0 Å². The van der Waals surface area contributed by atoms with Crippen molar-refractivity contribution < 1.29 is 4.79 Å². The lowest BCUT2D eigenvalue weighted by Crippen LogP contribution is -2.27. The number of hydrogen-bond donors (Lipinski definition) is 1. The van der Waals surface area contributed by atoms with Crippen molar-refractivity contribution in [3.63, 3.8) is 0 Å². The Morgan fingerprint density at radius 1 is 1.20 bits per heavy atom. The molecule has 2 aromatic rings. The predicted molar refractivity (Wildman–Crippen MR) is 80.8 cm³/mol. The number of nitrogens with one attached hydrogen (secondary N) is 1.